The van der Waals surface area contributed by atoms with Crippen molar-refractivity contribution < 1.29 is 35.1 Å². The third-order valence-electron chi connectivity index (χ3n) is 6.91. The monoisotopic (exact) mass is 574 g/mol. The van der Waals surface area contributed by atoms with Gasteiger partial charge >= 0.3 is 5.97 Å². The fourth-order valence-corrected chi connectivity index (χ4v) is 9.80. The molecule has 3 aromatic carbocycles. The molecule has 5 atom stereocenters. The van der Waals surface area contributed by atoms with Gasteiger partial charge in [-0.05, 0) is 49.2 Å². The SMILES string of the molecule is O=C(CS(=O)(=O)[O-])OC1C2CC3C1OS(=O)(=O)C3C2.c1ccc([S+](c2ccccc2)c2ccccc2)cc1. The molecule has 1 saturated heterocycles. The van der Waals surface area contributed by atoms with E-state index in [-0.39, 0.29) is 22.7 Å². The van der Waals surface area contributed by atoms with Gasteiger partial charge in [-0.3, -0.25) is 8.98 Å². The second kappa shape index (κ2) is 10.8. The van der Waals surface area contributed by atoms with Gasteiger partial charge in [0.1, 0.15) is 28.1 Å². The van der Waals surface area contributed by atoms with Crippen LogP contribution in [0.1, 0.15) is 12.8 Å². The molecule has 1 aliphatic heterocycles. The van der Waals surface area contributed by atoms with Gasteiger partial charge in [-0.1, -0.05) is 54.6 Å². The van der Waals surface area contributed by atoms with Crippen LogP contribution in [0.3, 0.4) is 0 Å². The lowest BCUT2D eigenvalue weighted by atomic mass is 9.94. The third-order valence-corrected chi connectivity index (χ3v) is 11.5. The Bertz CT molecular complexity index is 1390. The van der Waals surface area contributed by atoms with Crippen molar-refractivity contribution in [1.82, 2.24) is 0 Å². The van der Waals surface area contributed by atoms with Crippen molar-refractivity contribution in [3.05, 3.63) is 91.0 Å². The molecule has 38 heavy (non-hydrogen) atoms. The van der Waals surface area contributed by atoms with E-state index < -0.39 is 49.4 Å². The van der Waals surface area contributed by atoms with Crippen LogP contribution in [0.25, 0.3) is 0 Å². The maximum atomic E-state index is 11.6. The van der Waals surface area contributed by atoms with Crippen molar-refractivity contribution in [2.45, 2.75) is 45.0 Å². The molecule has 2 saturated carbocycles. The van der Waals surface area contributed by atoms with Crippen molar-refractivity contribution in [3.63, 3.8) is 0 Å². The molecule has 0 amide bonds. The summed E-state index contributed by atoms with van der Waals surface area (Å²) in [7, 11) is -8.32. The highest BCUT2D eigenvalue weighted by Gasteiger charge is 2.65. The van der Waals surface area contributed by atoms with E-state index in [4.69, 9.17) is 8.92 Å². The molecule has 200 valence electrons. The van der Waals surface area contributed by atoms with Gasteiger partial charge in [0.25, 0.3) is 10.1 Å². The first-order chi connectivity index (χ1) is 18.1. The van der Waals surface area contributed by atoms with Crippen LogP contribution in [-0.4, -0.2) is 50.6 Å². The standard InChI is InChI=1S/C18H15S.C9H12O8S2/c1-4-10-16(11-5-1)19(17-12-6-2-7-13-17)18-14-8-3-9-15-18;10-7(3-18(11,12)13)16-8-4-1-5-6(2-4)19(14,15)17-9(5)8/h1-15H;4-6,8-9H,1-3H2,(H,11,12,13)/q+1;/p-1. The summed E-state index contributed by atoms with van der Waals surface area (Å²) in [6, 6.07) is 32.2. The summed E-state index contributed by atoms with van der Waals surface area (Å²) in [5.74, 6) is -2.74. The quantitative estimate of drug-likeness (QED) is 0.190. The Morgan fingerprint density at radius 2 is 1.34 bits per heavy atom. The topological polar surface area (TPSA) is 127 Å². The molecular weight excluding hydrogens is 548 g/mol. The van der Waals surface area contributed by atoms with Crippen LogP contribution in [-0.2, 0) is 44.8 Å². The highest BCUT2D eigenvalue weighted by molar-refractivity contribution is 7.97. The van der Waals surface area contributed by atoms with Crippen LogP contribution in [0.4, 0.5) is 0 Å². The highest BCUT2D eigenvalue weighted by Crippen LogP contribution is 2.55. The predicted octanol–water partition coefficient (Wildman–Crippen LogP) is 3.36. The number of benzene rings is 3. The molecule has 2 bridgehead atoms. The normalized spacial score (nSPS) is 26.5. The molecular formula is C27H26O8S3. The molecule has 11 heteroatoms. The summed E-state index contributed by atoms with van der Waals surface area (Å²) >= 11 is 0. The Balaban J connectivity index is 0.000000155. The molecule has 3 aromatic rings. The van der Waals surface area contributed by atoms with Crippen LogP contribution < -0.4 is 0 Å². The van der Waals surface area contributed by atoms with E-state index in [9.17, 15) is 26.2 Å². The number of carbonyl (C=O) groups is 1. The number of esters is 1. The van der Waals surface area contributed by atoms with E-state index in [2.05, 4.69) is 91.0 Å². The van der Waals surface area contributed by atoms with Crippen molar-refractivity contribution in [2.75, 3.05) is 5.75 Å². The Morgan fingerprint density at radius 3 is 1.79 bits per heavy atom. The van der Waals surface area contributed by atoms with Gasteiger partial charge in [-0.2, -0.15) is 8.42 Å². The van der Waals surface area contributed by atoms with Crippen LogP contribution in [0.5, 0.6) is 0 Å². The van der Waals surface area contributed by atoms with Gasteiger partial charge in [0, 0.05) is 11.8 Å². The molecule has 6 rings (SSSR count). The van der Waals surface area contributed by atoms with E-state index in [1.54, 1.807) is 0 Å². The molecule has 0 N–H and O–H groups in total. The number of fused-ring (bicyclic) bond motifs is 1. The minimum Gasteiger partial charge on any atom is -0.748 e. The zero-order valence-electron chi connectivity index (χ0n) is 20.2. The average molecular weight is 575 g/mol. The minimum absolute atomic E-state index is 0.0146. The van der Waals surface area contributed by atoms with Crippen LogP contribution in [0, 0.1) is 11.8 Å². The van der Waals surface area contributed by atoms with E-state index in [0.717, 1.165) is 0 Å². The lowest BCUT2D eigenvalue weighted by molar-refractivity contribution is -0.152. The Hall–Kier alpha value is -2.70. The zero-order chi connectivity index (χ0) is 26.9. The molecule has 3 aliphatic rings. The van der Waals surface area contributed by atoms with Gasteiger partial charge < -0.3 is 9.29 Å². The molecule has 1 heterocycles. The van der Waals surface area contributed by atoms with E-state index >= 15 is 0 Å². The van der Waals surface area contributed by atoms with Crippen molar-refractivity contribution in [1.29, 1.82) is 0 Å². The summed E-state index contributed by atoms with van der Waals surface area (Å²) in [5, 5.41) is -0.541. The molecule has 0 radical (unpaired) electrons. The van der Waals surface area contributed by atoms with Crippen molar-refractivity contribution in [2.24, 2.45) is 11.8 Å². The summed E-state index contributed by atoms with van der Waals surface area (Å²) in [4.78, 5) is 15.4. The van der Waals surface area contributed by atoms with Gasteiger partial charge in [0.2, 0.25) is 0 Å². The molecule has 2 aliphatic carbocycles. The number of rotatable bonds is 6. The summed E-state index contributed by atoms with van der Waals surface area (Å²) in [5.41, 5.74) is 0. The molecule has 8 nitrogen and oxygen atoms in total. The number of ether oxygens (including phenoxy) is 1. The predicted molar refractivity (Wildman–Crippen MR) is 140 cm³/mol. The molecule has 0 aromatic heterocycles. The van der Waals surface area contributed by atoms with Crippen molar-refractivity contribution >= 4 is 37.1 Å². The average Bonchev–Trinajstić information content (AvgIpc) is 3.50. The van der Waals surface area contributed by atoms with E-state index in [1.165, 1.54) is 14.7 Å². The minimum atomic E-state index is -4.70. The number of hydrogen-bond donors (Lipinski definition) is 0. The van der Waals surface area contributed by atoms with Gasteiger partial charge in [0.15, 0.2) is 14.7 Å². The van der Waals surface area contributed by atoms with Gasteiger partial charge in [-0.15, -0.1) is 0 Å². The number of carbonyl (C=O) groups excluding carboxylic acids is 1. The largest absolute Gasteiger partial charge is 0.748 e. The Labute approximate surface area is 225 Å². The first-order valence-corrected chi connectivity index (χ1v) is 16.3. The third kappa shape index (κ3) is 5.81. The molecule has 3 fully saturated rings. The maximum Gasteiger partial charge on any atom is 0.320 e. The van der Waals surface area contributed by atoms with E-state index in [0.29, 0.717) is 12.8 Å². The Morgan fingerprint density at radius 1 is 0.868 bits per heavy atom. The van der Waals surface area contributed by atoms with Gasteiger partial charge in [-0.25, -0.2) is 8.42 Å². The zero-order valence-corrected chi connectivity index (χ0v) is 22.6. The highest BCUT2D eigenvalue weighted by atomic mass is 32.2. The Kier molecular flexibility index (Phi) is 7.65. The fraction of sp³-hybridized carbons (Fsp3) is 0.296. The van der Waals surface area contributed by atoms with Crippen LogP contribution >= 0.6 is 0 Å². The van der Waals surface area contributed by atoms with Crippen LogP contribution in [0.2, 0.25) is 0 Å². The first-order valence-electron chi connectivity index (χ1n) is 12.1. The summed E-state index contributed by atoms with van der Waals surface area (Å²) < 4.78 is 64.5. The second-order valence-electron chi connectivity index (χ2n) is 9.39. The van der Waals surface area contributed by atoms with Crippen molar-refractivity contribution in [3.8, 4) is 0 Å². The second-order valence-corrected chi connectivity index (χ2v) is 14.6. The lowest BCUT2D eigenvalue weighted by Crippen LogP contribution is -2.38. The maximum absolute atomic E-state index is 11.6. The fourth-order valence-electron chi connectivity index (χ4n) is 5.45. The summed E-state index contributed by atoms with van der Waals surface area (Å²) in [6.07, 6.45) is -0.567. The van der Waals surface area contributed by atoms with E-state index in [1.807, 2.05) is 0 Å². The summed E-state index contributed by atoms with van der Waals surface area (Å²) in [6.45, 7) is 0. The number of hydrogen-bond acceptors (Lipinski definition) is 8. The smallest absolute Gasteiger partial charge is 0.320 e. The first kappa shape index (κ1) is 26.9. The lowest BCUT2D eigenvalue weighted by Gasteiger charge is -2.25. The van der Waals surface area contributed by atoms with Crippen LogP contribution in [0.15, 0.2) is 106 Å². The molecule has 0 spiro atoms. The molecule has 5 unspecified atom stereocenters. The van der Waals surface area contributed by atoms with Gasteiger partial charge in [0.05, 0.1) is 16.1 Å².